The van der Waals surface area contributed by atoms with Gasteiger partial charge >= 0.3 is 12.1 Å². The van der Waals surface area contributed by atoms with Gasteiger partial charge in [0.05, 0.1) is 12.7 Å². The van der Waals surface area contributed by atoms with Crippen LogP contribution in [0.2, 0.25) is 0 Å². The number of alkyl halides is 3. The smallest absolute Gasteiger partial charge is 0.416 e. The lowest BCUT2D eigenvalue weighted by atomic mass is 10.0. The Morgan fingerprint density at radius 3 is 2.39 bits per heavy atom. The van der Waals surface area contributed by atoms with Gasteiger partial charge in [-0.3, -0.25) is 4.79 Å². The number of methoxy groups -OCH3 is 1. The van der Waals surface area contributed by atoms with E-state index in [1.807, 2.05) is 0 Å². The molecule has 0 aliphatic rings. The quantitative estimate of drug-likeness (QED) is 0.836. The summed E-state index contributed by atoms with van der Waals surface area (Å²) in [5.41, 5.74) is 4.63. The third-order valence-electron chi connectivity index (χ3n) is 2.06. The molecule has 0 radical (unpaired) electrons. The Bertz CT molecular complexity index is 440. The molecule has 0 aliphatic carbocycles. The van der Waals surface area contributed by atoms with Crippen LogP contribution in [0, 0.1) is 0 Å². The monoisotopic (exact) mass is 347 g/mol. The minimum absolute atomic E-state index is 0. The predicted octanol–water partition coefficient (Wildman–Crippen LogP) is 3.06. The average Bonchev–Trinajstić information content (AvgIpc) is 2.25. The summed E-state index contributed by atoms with van der Waals surface area (Å²) in [5, 5.41) is 0. The van der Waals surface area contributed by atoms with E-state index in [1.165, 1.54) is 6.07 Å². The first-order chi connectivity index (χ1) is 7.75. The number of carbonyl (C=O) groups excluding carboxylic acids is 1. The number of carbonyl (C=O) groups is 1. The highest BCUT2D eigenvalue weighted by Gasteiger charge is 2.32. The fourth-order valence-corrected chi connectivity index (χ4v) is 1.73. The molecule has 1 aromatic rings. The van der Waals surface area contributed by atoms with E-state index < -0.39 is 23.8 Å². The first-order valence-electron chi connectivity index (χ1n) is 4.47. The van der Waals surface area contributed by atoms with E-state index in [0.717, 1.165) is 19.2 Å². The molecule has 1 rings (SSSR count). The van der Waals surface area contributed by atoms with Gasteiger partial charge in [-0.05, 0) is 23.8 Å². The van der Waals surface area contributed by atoms with Gasteiger partial charge in [0.15, 0.2) is 0 Å². The van der Waals surface area contributed by atoms with Crippen LogP contribution in [0.15, 0.2) is 22.7 Å². The third-order valence-corrected chi connectivity index (χ3v) is 2.52. The maximum atomic E-state index is 12.5. The molecule has 102 valence electrons. The second kappa shape index (κ2) is 6.40. The van der Waals surface area contributed by atoms with Crippen molar-refractivity contribution in [3.8, 4) is 0 Å². The summed E-state index contributed by atoms with van der Waals surface area (Å²) in [5.74, 6) is -0.795. The van der Waals surface area contributed by atoms with Crippen molar-refractivity contribution < 1.29 is 22.7 Å². The number of hydrogen-bond acceptors (Lipinski definition) is 3. The summed E-state index contributed by atoms with van der Waals surface area (Å²) < 4.78 is 42.1. The van der Waals surface area contributed by atoms with Crippen LogP contribution in [0.5, 0.6) is 0 Å². The van der Waals surface area contributed by atoms with Crippen LogP contribution in [0.1, 0.15) is 17.2 Å². The summed E-state index contributed by atoms with van der Waals surface area (Å²) in [6.07, 6.45) is -4.49. The Kier molecular flexibility index (Phi) is 6.12. The molecule has 0 saturated carbocycles. The van der Waals surface area contributed by atoms with Crippen LogP contribution < -0.4 is 5.73 Å². The molecule has 2 N–H and O–H groups in total. The highest BCUT2D eigenvalue weighted by atomic mass is 79.9. The van der Waals surface area contributed by atoms with E-state index in [0.29, 0.717) is 0 Å². The third kappa shape index (κ3) is 4.15. The van der Waals surface area contributed by atoms with E-state index in [1.54, 1.807) is 0 Å². The largest absolute Gasteiger partial charge is 0.468 e. The van der Waals surface area contributed by atoms with Gasteiger partial charge in [-0.1, -0.05) is 15.9 Å². The number of ether oxygens (including phenoxy) is 1. The minimum Gasteiger partial charge on any atom is -0.468 e. The summed E-state index contributed by atoms with van der Waals surface area (Å²) >= 11 is 2.94. The summed E-state index contributed by atoms with van der Waals surface area (Å²) in [7, 11) is 1.12. The van der Waals surface area contributed by atoms with Crippen molar-refractivity contribution in [1.29, 1.82) is 0 Å². The van der Waals surface area contributed by atoms with Crippen molar-refractivity contribution in [2.24, 2.45) is 5.73 Å². The van der Waals surface area contributed by atoms with E-state index in [4.69, 9.17) is 5.73 Å². The zero-order valence-electron chi connectivity index (χ0n) is 9.12. The van der Waals surface area contributed by atoms with Gasteiger partial charge in [0.2, 0.25) is 0 Å². The van der Waals surface area contributed by atoms with Crippen molar-refractivity contribution in [2.45, 2.75) is 12.2 Å². The molecule has 1 atom stereocenters. The maximum absolute atomic E-state index is 12.5. The van der Waals surface area contributed by atoms with Gasteiger partial charge in [-0.2, -0.15) is 13.2 Å². The zero-order valence-corrected chi connectivity index (χ0v) is 11.5. The van der Waals surface area contributed by atoms with Crippen LogP contribution in [-0.2, 0) is 15.7 Å². The van der Waals surface area contributed by atoms with E-state index in [-0.39, 0.29) is 22.4 Å². The molecular formula is C10H10BrClF3NO2. The minimum atomic E-state index is -4.49. The van der Waals surface area contributed by atoms with Crippen molar-refractivity contribution in [3.63, 3.8) is 0 Å². The molecule has 0 heterocycles. The molecule has 0 bridgehead atoms. The highest BCUT2D eigenvalue weighted by molar-refractivity contribution is 9.10. The standard InChI is InChI=1S/C10H9BrF3NO2.ClH/c1-17-9(16)8(15)5-2-6(10(12,13)14)4-7(11)3-5;/h2-4,8H,15H2,1H3;1H/t8-;/m0./s1. The molecule has 0 aliphatic heterocycles. The molecule has 0 fully saturated rings. The van der Waals surface area contributed by atoms with Crippen molar-refractivity contribution >= 4 is 34.3 Å². The predicted molar refractivity (Wildman–Crippen MR) is 65.3 cm³/mol. The number of rotatable bonds is 2. The SMILES string of the molecule is COC(=O)[C@@H](N)c1cc(Br)cc(C(F)(F)F)c1.Cl. The number of nitrogens with two attached hydrogens (primary N) is 1. The summed E-state index contributed by atoms with van der Waals surface area (Å²) in [6.45, 7) is 0. The van der Waals surface area contributed by atoms with E-state index >= 15 is 0 Å². The lowest BCUT2D eigenvalue weighted by Crippen LogP contribution is -2.23. The molecule has 18 heavy (non-hydrogen) atoms. The van der Waals surface area contributed by atoms with E-state index in [9.17, 15) is 18.0 Å². The lowest BCUT2D eigenvalue weighted by molar-refractivity contribution is -0.143. The zero-order chi connectivity index (χ0) is 13.2. The lowest BCUT2D eigenvalue weighted by Gasteiger charge is -2.13. The Balaban J connectivity index is 0.00000289. The number of esters is 1. The van der Waals surface area contributed by atoms with Crippen molar-refractivity contribution in [1.82, 2.24) is 0 Å². The maximum Gasteiger partial charge on any atom is 0.416 e. The summed E-state index contributed by atoms with van der Waals surface area (Å²) in [6, 6.07) is 1.84. The molecule has 3 nitrogen and oxygen atoms in total. The van der Waals surface area contributed by atoms with Gasteiger partial charge in [0, 0.05) is 4.47 Å². The second-order valence-electron chi connectivity index (χ2n) is 3.27. The van der Waals surface area contributed by atoms with Crippen LogP contribution >= 0.6 is 28.3 Å². The Hall–Kier alpha value is -0.790. The Labute approximate surface area is 116 Å². The summed E-state index contributed by atoms with van der Waals surface area (Å²) in [4.78, 5) is 11.1. The van der Waals surface area contributed by atoms with Gasteiger partial charge in [-0.25, -0.2) is 0 Å². The van der Waals surface area contributed by atoms with Gasteiger partial charge in [0.1, 0.15) is 6.04 Å². The van der Waals surface area contributed by atoms with Crippen LogP contribution in [0.4, 0.5) is 13.2 Å². The number of hydrogen-bond donors (Lipinski definition) is 1. The van der Waals surface area contributed by atoms with E-state index in [2.05, 4.69) is 20.7 Å². The molecule has 0 spiro atoms. The Morgan fingerprint density at radius 2 is 1.94 bits per heavy atom. The molecule has 1 aromatic carbocycles. The topological polar surface area (TPSA) is 52.3 Å². The molecule has 8 heteroatoms. The van der Waals surface area contributed by atoms with Gasteiger partial charge < -0.3 is 10.5 Å². The van der Waals surface area contributed by atoms with Crippen molar-refractivity contribution in [3.05, 3.63) is 33.8 Å². The van der Waals surface area contributed by atoms with Gasteiger partial charge in [0.25, 0.3) is 0 Å². The van der Waals surface area contributed by atoms with Gasteiger partial charge in [-0.15, -0.1) is 12.4 Å². The molecule has 0 aromatic heterocycles. The second-order valence-corrected chi connectivity index (χ2v) is 4.19. The number of benzene rings is 1. The highest BCUT2D eigenvalue weighted by Crippen LogP contribution is 2.33. The van der Waals surface area contributed by atoms with Crippen LogP contribution in [-0.4, -0.2) is 13.1 Å². The average molecular weight is 349 g/mol. The Morgan fingerprint density at radius 1 is 1.39 bits per heavy atom. The first kappa shape index (κ1) is 17.2. The normalized spacial score (nSPS) is 12.6. The first-order valence-corrected chi connectivity index (χ1v) is 5.26. The molecular weight excluding hydrogens is 338 g/mol. The fourth-order valence-electron chi connectivity index (χ4n) is 1.22. The van der Waals surface area contributed by atoms with Crippen LogP contribution in [0.3, 0.4) is 0 Å². The molecule has 0 amide bonds. The molecule has 0 unspecified atom stereocenters. The van der Waals surface area contributed by atoms with Crippen molar-refractivity contribution in [2.75, 3.05) is 7.11 Å². The molecule has 0 saturated heterocycles. The van der Waals surface area contributed by atoms with Crippen LogP contribution in [0.25, 0.3) is 0 Å². The fraction of sp³-hybridized carbons (Fsp3) is 0.300. The number of halogens is 5.